The molecule has 2 rings (SSSR count). The van der Waals surface area contributed by atoms with E-state index in [0.29, 0.717) is 11.9 Å². The van der Waals surface area contributed by atoms with Gasteiger partial charge in [-0.1, -0.05) is 13.3 Å². The van der Waals surface area contributed by atoms with E-state index in [0.717, 1.165) is 18.8 Å². The Labute approximate surface area is 115 Å². The number of nitrogens with zero attached hydrogens (tertiary/aromatic N) is 2. The minimum Gasteiger partial charge on any atom is -0.363 e. The Morgan fingerprint density at radius 2 is 2.05 bits per heavy atom. The van der Waals surface area contributed by atoms with Crippen molar-refractivity contribution < 1.29 is 0 Å². The second kappa shape index (κ2) is 6.22. The maximum Gasteiger partial charge on any atom is 0.293 e. The molecule has 1 aliphatic rings. The molecule has 0 aromatic carbocycles. The highest BCUT2D eigenvalue weighted by atomic mass is 16.1. The van der Waals surface area contributed by atoms with Gasteiger partial charge in [0.2, 0.25) is 0 Å². The monoisotopic (exact) mass is 263 g/mol. The highest BCUT2D eigenvalue weighted by Crippen LogP contribution is 2.27. The van der Waals surface area contributed by atoms with Gasteiger partial charge in [0.1, 0.15) is 0 Å². The third kappa shape index (κ3) is 3.37. The van der Waals surface area contributed by atoms with Gasteiger partial charge in [0.15, 0.2) is 5.82 Å². The minimum atomic E-state index is -0.00452. The molecule has 19 heavy (non-hydrogen) atoms. The van der Waals surface area contributed by atoms with Crippen LogP contribution in [-0.4, -0.2) is 15.6 Å². The van der Waals surface area contributed by atoms with Crippen molar-refractivity contribution in [3.8, 4) is 0 Å². The fraction of sp³-hybridized carbons (Fsp3) is 0.733. The molecule has 106 valence electrons. The van der Waals surface area contributed by atoms with Gasteiger partial charge in [0, 0.05) is 24.5 Å². The summed E-state index contributed by atoms with van der Waals surface area (Å²) < 4.78 is 1.73. The first-order valence-corrected chi connectivity index (χ1v) is 7.45. The number of hydrogen-bond acceptors (Lipinski definition) is 3. The Morgan fingerprint density at radius 3 is 2.63 bits per heavy atom. The van der Waals surface area contributed by atoms with Gasteiger partial charge in [-0.15, -0.1) is 0 Å². The average molecular weight is 263 g/mol. The smallest absolute Gasteiger partial charge is 0.293 e. The van der Waals surface area contributed by atoms with Crippen LogP contribution in [-0.2, 0) is 0 Å². The van der Waals surface area contributed by atoms with E-state index >= 15 is 0 Å². The van der Waals surface area contributed by atoms with Crippen molar-refractivity contribution in [2.45, 2.75) is 65.0 Å². The summed E-state index contributed by atoms with van der Waals surface area (Å²) in [7, 11) is 0. The first-order chi connectivity index (χ1) is 9.11. The Hall–Kier alpha value is -1.32. The van der Waals surface area contributed by atoms with Crippen LogP contribution in [0.15, 0.2) is 17.2 Å². The molecule has 0 radical (unpaired) electrons. The van der Waals surface area contributed by atoms with Gasteiger partial charge in [0.25, 0.3) is 5.56 Å². The molecular weight excluding hydrogens is 238 g/mol. The second-order valence-electron chi connectivity index (χ2n) is 5.85. The summed E-state index contributed by atoms with van der Waals surface area (Å²) in [4.78, 5) is 16.5. The lowest BCUT2D eigenvalue weighted by Crippen LogP contribution is -2.32. The van der Waals surface area contributed by atoms with Crippen LogP contribution in [0.1, 0.15) is 58.9 Å². The summed E-state index contributed by atoms with van der Waals surface area (Å²) in [5.41, 5.74) is -0.00452. The maximum absolute atomic E-state index is 12.2. The first kappa shape index (κ1) is 14.1. The summed E-state index contributed by atoms with van der Waals surface area (Å²) in [5.74, 6) is 1.38. The molecule has 0 saturated heterocycles. The van der Waals surface area contributed by atoms with Gasteiger partial charge in [-0.2, -0.15) is 0 Å². The molecule has 1 heterocycles. The predicted octanol–water partition coefficient (Wildman–Crippen LogP) is 3.20. The SMILES string of the molecule is CCC1CCC(Nc2nccn(C(C)C)c2=O)CC1. The molecule has 1 aromatic rings. The van der Waals surface area contributed by atoms with E-state index < -0.39 is 0 Å². The molecule has 4 nitrogen and oxygen atoms in total. The summed E-state index contributed by atoms with van der Waals surface area (Å²) in [6.45, 7) is 6.29. The predicted molar refractivity (Wildman–Crippen MR) is 78.5 cm³/mol. The van der Waals surface area contributed by atoms with Crippen molar-refractivity contribution >= 4 is 5.82 Å². The molecule has 0 atom stereocenters. The first-order valence-electron chi connectivity index (χ1n) is 7.45. The topological polar surface area (TPSA) is 46.9 Å². The van der Waals surface area contributed by atoms with Crippen LogP contribution in [0.25, 0.3) is 0 Å². The van der Waals surface area contributed by atoms with Crippen molar-refractivity contribution in [3.63, 3.8) is 0 Å². The van der Waals surface area contributed by atoms with E-state index in [-0.39, 0.29) is 11.6 Å². The van der Waals surface area contributed by atoms with Crippen LogP contribution < -0.4 is 10.9 Å². The van der Waals surface area contributed by atoms with Crippen molar-refractivity contribution in [3.05, 3.63) is 22.7 Å². The van der Waals surface area contributed by atoms with Gasteiger partial charge < -0.3 is 9.88 Å². The summed E-state index contributed by atoms with van der Waals surface area (Å²) in [6.07, 6.45) is 9.56. The Balaban J connectivity index is 2.04. The van der Waals surface area contributed by atoms with E-state index in [1.165, 1.54) is 19.3 Å². The molecule has 1 fully saturated rings. The third-order valence-electron chi connectivity index (χ3n) is 4.19. The molecule has 1 aliphatic carbocycles. The van der Waals surface area contributed by atoms with Crippen LogP contribution in [0.3, 0.4) is 0 Å². The number of nitrogens with one attached hydrogen (secondary N) is 1. The largest absolute Gasteiger partial charge is 0.363 e. The van der Waals surface area contributed by atoms with Crippen molar-refractivity contribution in [1.29, 1.82) is 0 Å². The van der Waals surface area contributed by atoms with Crippen LogP contribution >= 0.6 is 0 Å². The number of rotatable bonds is 4. The van der Waals surface area contributed by atoms with Gasteiger partial charge in [-0.3, -0.25) is 4.79 Å². The van der Waals surface area contributed by atoms with Gasteiger partial charge >= 0.3 is 0 Å². The van der Waals surface area contributed by atoms with Crippen LogP contribution in [0.5, 0.6) is 0 Å². The quantitative estimate of drug-likeness (QED) is 0.907. The lowest BCUT2D eigenvalue weighted by Gasteiger charge is -2.28. The molecule has 4 heteroatoms. The minimum absolute atomic E-state index is 0.00452. The number of aromatic nitrogens is 2. The normalized spacial score (nSPS) is 23.6. The van der Waals surface area contributed by atoms with Gasteiger partial charge in [0.05, 0.1) is 0 Å². The molecule has 0 amide bonds. The Morgan fingerprint density at radius 1 is 1.37 bits per heavy atom. The highest BCUT2D eigenvalue weighted by Gasteiger charge is 2.21. The Bertz CT molecular complexity index is 459. The van der Waals surface area contributed by atoms with Crippen LogP contribution in [0, 0.1) is 5.92 Å². The zero-order valence-electron chi connectivity index (χ0n) is 12.2. The molecule has 0 aliphatic heterocycles. The van der Waals surface area contributed by atoms with Crippen molar-refractivity contribution in [2.24, 2.45) is 5.92 Å². The fourth-order valence-corrected chi connectivity index (χ4v) is 2.84. The zero-order chi connectivity index (χ0) is 13.8. The van der Waals surface area contributed by atoms with E-state index in [9.17, 15) is 4.79 Å². The summed E-state index contributed by atoms with van der Waals surface area (Å²) in [5, 5.41) is 3.34. The fourth-order valence-electron chi connectivity index (χ4n) is 2.84. The van der Waals surface area contributed by atoms with E-state index in [1.54, 1.807) is 17.0 Å². The van der Waals surface area contributed by atoms with E-state index in [2.05, 4.69) is 17.2 Å². The molecule has 1 aromatic heterocycles. The van der Waals surface area contributed by atoms with E-state index in [1.807, 2.05) is 13.8 Å². The second-order valence-corrected chi connectivity index (χ2v) is 5.85. The molecule has 0 unspecified atom stereocenters. The lowest BCUT2D eigenvalue weighted by molar-refractivity contribution is 0.329. The standard InChI is InChI=1S/C15H25N3O/c1-4-12-5-7-13(8-6-12)17-14-15(19)18(11(2)3)10-9-16-14/h9-13H,4-8H2,1-3H3,(H,16,17). The summed E-state index contributed by atoms with van der Waals surface area (Å²) in [6, 6.07) is 0.581. The molecule has 0 bridgehead atoms. The van der Waals surface area contributed by atoms with E-state index in [4.69, 9.17) is 0 Å². The lowest BCUT2D eigenvalue weighted by atomic mass is 9.84. The van der Waals surface area contributed by atoms with Crippen LogP contribution in [0.4, 0.5) is 5.82 Å². The third-order valence-corrected chi connectivity index (χ3v) is 4.19. The van der Waals surface area contributed by atoms with Gasteiger partial charge in [-0.05, 0) is 45.4 Å². The van der Waals surface area contributed by atoms with Crippen molar-refractivity contribution in [2.75, 3.05) is 5.32 Å². The zero-order valence-corrected chi connectivity index (χ0v) is 12.2. The van der Waals surface area contributed by atoms with Gasteiger partial charge in [-0.25, -0.2) is 4.98 Å². The van der Waals surface area contributed by atoms with Crippen LogP contribution in [0.2, 0.25) is 0 Å². The number of anilines is 1. The molecular formula is C15H25N3O. The molecule has 1 N–H and O–H groups in total. The van der Waals surface area contributed by atoms with Crippen molar-refractivity contribution in [1.82, 2.24) is 9.55 Å². The summed E-state index contributed by atoms with van der Waals surface area (Å²) >= 11 is 0. The highest BCUT2D eigenvalue weighted by molar-refractivity contribution is 5.32. The molecule has 0 spiro atoms. The maximum atomic E-state index is 12.2. The molecule has 1 saturated carbocycles. The average Bonchev–Trinajstić information content (AvgIpc) is 2.41. The number of hydrogen-bond donors (Lipinski definition) is 1. The Kier molecular flexibility index (Phi) is 4.61.